The molecule has 2 aromatic carbocycles. The molecule has 144 valence electrons. The van der Waals surface area contributed by atoms with Crippen LogP contribution in [0.3, 0.4) is 0 Å². The number of ether oxygens (including phenoxy) is 1. The van der Waals surface area contributed by atoms with E-state index in [-0.39, 0.29) is 23.5 Å². The summed E-state index contributed by atoms with van der Waals surface area (Å²) in [6, 6.07) is 12.2. The van der Waals surface area contributed by atoms with E-state index in [2.05, 4.69) is 10.0 Å². The van der Waals surface area contributed by atoms with E-state index in [9.17, 15) is 18.0 Å². The van der Waals surface area contributed by atoms with Crippen molar-refractivity contribution in [3.63, 3.8) is 0 Å². The number of nitrogens with one attached hydrogen (secondary N) is 2. The van der Waals surface area contributed by atoms with Gasteiger partial charge in [0.15, 0.2) is 6.61 Å². The Morgan fingerprint density at radius 2 is 1.67 bits per heavy atom. The number of hydrogen-bond donors (Lipinski definition) is 2. The second-order valence-electron chi connectivity index (χ2n) is 5.51. The van der Waals surface area contributed by atoms with Gasteiger partial charge in [-0.2, -0.15) is 0 Å². The van der Waals surface area contributed by atoms with E-state index in [1.807, 2.05) is 0 Å². The van der Waals surface area contributed by atoms with Crippen LogP contribution in [0.4, 0.5) is 0 Å². The van der Waals surface area contributed by atoms with E-state index in [0.717, 1.165) is 5.56 Å². The lowest BCUT2D eigenvalue weighted by molar-refractivity contribution is -0.124. The Labute approximate surface area is 162 Å². The maximum Gasteiger partial charge on any atom is 0.338 e. The Kier molecular flexibility index (Phi) is 7.35. The fourth-order valence-electron chi connectivity index (χ4n) is 2.11. The molecule has 2 aromatic rings. The molecule has 0 aromatic heterocycles. The van der Waals surface area contributed by atoms with Gasteiger partial charge in [-0.05, 0) is 42.0 Å². The van der Waals surface area contributed by atoms with Crippen molar-refractivity contribution in [2.75, 3.05) is 13.2 Å². The minimum atomic E-state index is -3.59. The molecule has 9 heteroatoms. The lowest BCUT2D eigenvalue weighted by Crippen LogP contribution is -2.28. The van der Waals surface area contributed by atoms with E-state index in [0.29, 0.717) is 5.02 Å². The molecule has 1 amide bonds. The first-order valence-corrected chi connectivity index (χ1v) is 9.96. The smallest absolute Gasteiger partial charge is 0.338 e. The highest BCUT2D eigenvalue weighted by atomic mass is 35.5. The fraction of sp³-hybridized carbons (Fsp3) is 0.222. The molecular weight excluding hydrogens is 392 g/mol. The summed E-state index contributed by atoms with van der Waals surface area (Å²) < 4.78 is 31.0. The first-order chi connectivity index (χ1) is 12.8. The molecule has 0 saturated carbocycles. The molecule has 0 aliphatic rings. The first kappa shape index (κ1) is 20.9. The van der Waals surface area contributed by atoms with Gasteiger partial charge in [0, 0.05) is 18.1 Å². The highest BCUT2D eigenvalue weighted by molar-refractivity contribution is 7.89. The van der Waals surface area contributed by atoms with E-state index >= 15 is 0 Å². The third kappa shape index (κ3) is 6.35. The van der Waals surface area contributed by atoms with Crippen LogP contribution in [-0.2, 0) is 26.1 Å². The molecule has 0 bridgehead atoms. The summed E-state index contributed by atoms with van der Waals surface area (Å²) in [5.74, 6) is -1.17. The van der Waals surface area contributed by atoms with Gasteiger partial charge < -0.3 is 10.1 Å². The number of sulfonamides is 1. The van der Waals surface area contributed by atoms with Gasteiger partial charge in [-0.3, -0.25) is 4.79 Å². The zero-order chi connectivity index (χ0) is 19.9. The maximum absolute atomic E-state index is 12.0. The molecule has 2 N–H and O–H groups in total. The third-order valence-electron chi connectivity index (χ3n) is 3.47. The molecule has 7 nitrogen and oxygen atoms in total. The van der Waals surface area contributed by atoms with E-state index < -0.39 is 28.5 Å². The number of esters is 1. The van der Waals surface area contributed by atoms with Crippen molar-refractivity contribution >= 4 is 33.5 Å². The van der Waals surface area contributed by atoms with E-state index in [1.54, 1.807) is 31.2 Å². The van der Waals surface area contributed by atoms with Crippen LogP contribution in [-0.4, -0.2) is 33.4 Å². The molecule has 27 heavy (non-hydrogen) atoms. The Morgan fingerprint density at radius 3 is 2.26 bits per heavy atom. The number of amides is 1. The average Bonchev–Trinajstić information content (AvgIpc) is 2.65. The van der Waals surface area contributed by atoms with Gasteiger partial charge >= 0.3 is 5.97 Å². The Balaban J connectivity index is 1.84. The van der Waals surface area contributed by atoms with Crippen molar-refractivity contribution in [1.29, 1.82) is 0 Å². The van der Waals surface area contributed by atoms with Crippen molar-refractivity contribution in [2.45, 2.75) is 18.4 Å². The number of benzene rings is 2. The van der Waals surface area contributed by atoms with Gasteiger partial charge in [0.1, 0.15) is 0 Å². The van der Waals surface area contributed by atoms with Crippen molar-refractivity contribution in [3.05, 3.63) is 64.7 Å². The van der Waals surface area contributed by atoms with Crippen molar-refractivity contribution in [1.82, 2.24) is 10.0 Å². The molecule has 0 aliphatic carbocycles. The van der Waals surface area contributed by atoms with Crippen molar-refractivity contribution < 1.29 is 22.7 Å². The van der Waals surface area contributed by atoms with E-state index in [1.165, 1.54) is 24.3 Å². The number of halogens is 1. The zero-order valence-electron chi connectivity index (χ0n) is 14.6. The minimum absolute atomic E-state index is 0.0432. The molecule has 0 saturated heterocycles. The third-order valence-corrected chi connectivity index (χ3v) is 5.29. The lowest BCUT2D eigenvalue weighted by atomic mass is 10.2. The molecule has 0 fully saturated rings. The number of carbonyl (C=O) groups excluding carboxylic acids is 2. The first-order valence-electron chi connectivity index (χ1n) is 8.10. The largest absolute Gasteiger partial charge is 0.452 e. The quantitative estimate of drug-likeness (QED) is 0.649. The van der Waals surface area contributed by atoms with Crippen LogP contribution in [0.1, 0.15) is 22.8 Å². The van der Waals surface area contributed by atoms with Crippen LogP contribution in [0.5, 0.6) is 0 Å². The summed E-state index contributed by atoms with van der Waals surface area (Å²) in [6.45, 7) is 1.77. The SMILES string of the molecule is CCNS(=O)(=O)c1ccc(C(=O)OCC(=O)NCc2ccc(Cl)cc2)cc1. The van der Waals surface area contributed by atoms with Crippen LogP contribution < -0.4 is 10.0 Å². The summed E-state index contributed by atoms with van der Waals surface area (Å²) in [7, 11) is -3.59. The van der Waals surface area contributed by atoms with Crippen molar-refractivity contribution in [3.8, 4) is 0 Å². The topological polar surface area (TPSA) is 102 Å². The highest BCUT2D eigenvalue weighted by Crippen LogP contribution is 2.11. The van der Waals surface area contributed by atoms with Gasteiger partial charge in [0.2, 0.25) is 10.0 Å². The highest BCUT2D eigenvalue weighted by Gasteiger charge is 2.15. The standard InChI is InChI=1S/C18H19ClN2O5S/c1-2-21-27(24,25)16-9-5-14(6-10-16)18(23)26-12-17(22)20-11-13-3-7-15(19)8-4-13/h3-10,21H,2,11-12H2,1H3,(H,20,22). The molecule has 0 atom stereocenters. The fourth-order valence-corrected chi connectivity index (χ4v) is 3.28. The minimum Gasteiger partial charge on any atom is -0.452 e. The van der Waals surface area contributed by atoms with Crippen LogP contribution in [0, 0.1) is 0 Å². The number of carbonyl (C=O) groups is 2. The Hall–Kier alpha value is -2.42. The van der Waals surface area contributed by atoms with Crippen LogP contribution in [0.15, 0.2) is 53.4 Å². The van der Waals surface area contributed by atoms with E-state index in [4.69, 9.17) is 16.3 Å². The second kappa shape index (κ2) is 9.50. The average molecular weight is 411 g/mol. The van der Waals surface area contributed by atoms with Gasteiger partial charge in [-0.15, -0.1) is 0 Å². The van der Waals surface area contributed by atoms with Gasteiger partial charge in [0.05, 0.1) is 10.5 Å². The second-order valence-corrected chi connectivity index (χ2v) is 7.71. The Bertz CT molecular complexity index is 896. The van der Waals surface area contributed by atoms with Gasteiger partial charge in [-0.1, -0.05) is 30.7 Å². The molecule has 0 unspecified atom stereocenters. The number of rotatable bonds is 8. The number of hydrogen-bond acceptors (Lipinski definition) is 5. The molecule has 0 spiro atoms. The molecule has 2 rings (SSSR count). The Morgan fingerprint density at radius 1 is 1.04 bits per heavy atom. The zero-order valence-corrected chi connectivity index (χ0v) is 16.1. The lowest BCUT2D eigenvalue weighted by Gasteiger charge is -2.08. The van der Waals surface area contributed by atoms with Crippen LogP contribution in [0.2, 0.25) is 5.02 Å². The van der Waals surface area contributed by atoms with Crippen LogP contribution >= 0.6 is 11.6 Å². The summed E-state index contributed by atoms with van der Waals surface area (Å²) in [6.07, 6.45) is 0. The predicted octanol–water partition coefficient (Wildman–Crippen LogP) is 2.11. The summed E-state index contributed by atoms with van der Waals surface area (Å²) >= 11 is 5.79. The molecule has 0 radical (unpaired) electrons. The van der Waals surface area contributed by atoms with Gasteiger partial charge in [-0.25, -0.2) is 17.9 Å². The predicted molar refractivity (Wildman–Crippen MR) is 101 cm³/mol. The van der Waals surface area contributed by atoms with Crippen LogP contribution in [0.25, 0.3) is 0 Å². The summed E-state index contributed by atoms with van der Waals surface area (Å²) in [4.78, 5) is 23.8. The molecule has 0 heterocycles. The molecular formula is C18H19ClN2O5S. The van der Waals surface area contributed by atoms with Crippen molar-refractivity contribution in [2.24, 2.45) is 0 Å². The van der Waals surface area contributed by atoms with Gasteiger partial charge in [0.25, 0.3) is 5.91 Å². The maximum atomic E-state index is 12.0. The summed E-state index contributed by atoms with van der Waals surface area (Å²) in [5.41, 5.74) is 1.01. The summed E-state index contributed by atoms with van der Waals surface area (Å²) in [5, 5.41) is 3.22. The normalized spacial score (nSPS) is 11.0. The molecule has 0 aliphatic heterocycles. The monoisotopic (exact) mass is 410 g/mol.